The van der Waals surface area contributed by atoms with Crippen LogP contribution in [0.5, 0.6) is 0 Å². The molecule has 1 aliphatic rings. The van der Waals surface area contributed by atoms with Crippen LogP contribution in [0.25, 0.3) is 0 Å². The molecule has 2 rings (SSSR count). The van der Waals surface area contributed by atoms with Crippen LogP contribution in [0.2, 0.25) is 0 Å². The van der Waals surface area contributed by atoms with Crippen LogP contribution in [0.1, 0.15) is 24.8 Å². The van der Waals surface area contributed by atoms with Gasteiger partial charge in [-0.3, -0.25) is 4.98 Å². The first-order valence-electron chi connectivity index (χ1n) is 6.62. The Morgan fingerprint density at radius 2 is 2.29 bits per heavy atom. The number of hydrogen-bond donors (Lipinski definition) is 1. The van der Waals surface area contributed by atoms with E-state index < -0.39 is 0 Å². The maximum atomic E-state index is 5.57. The van der Waals surface area contributed by atoms with E-state index in [1.165, 1.54) is 18.4 Å². The van der Waals surface area contributed by atoms with Crippen LogP contribution in [0, 0.1) is 5.92 Å². The Labute approximate surface area is 104 Å². The molecule has 1 aliphatic carbocycles. The number of nitrogens with one attached hydrogen (secondary N) is 1. The lowest BCUT2D eigenvalue weighted by Crippen LogP contribution is -2.20. The van der Waals surface area contributed by atoms with Gasteiger partial charge in [0.25, 0.3) is 0 Å². The highest BCUT2D eigenvalue weighted by Gasteiger charge is 2.20. The molecule has 0 saturated heterocycles. The summed E-state index contributed by atoms with van der Waals surface area (Å²) < 4.78 is 5.57. The van der Waals surface area contributed by atoms with Crippen LogP contribution in [-0.4, -0.2) is 31.3 Å². The van der Waals surface area contributed by atoms with Gasteiger partial charge in [-0.25, -0.2) is 0 Å². The van der Waals surface area contributed by atoms with Gasteiger partial charge in [0.2, 0.25) is 0 Å². The van der Waals surface area contributed by atoms with E-state index in [0.29, 0.717) is 0 Å². The zero-order valence-electron chi connectivity index (χ0n) is 10.4. The maximum Gasteiger partial charge on any atom is 0.0494 e. The SMILES string of the molecule is c1cncc(CCNCCCOCC2CC2)c1. The first-order valence-corrected chi connectivity index (χ1v) is 6.62. The molecule has 0 atom stereocenters. The van der Waals surface area contributed by atoms with Crippen molar-refractivity contribution in [3.05, 3.63) is 30.1 Å². The van der Waals surface area contributed by atoms with Crippen molar-refractivity contribution in [3.63, 3.8) is 0 Å². The van der Waals surface area contributed by atoms with E-state index in [4.69, 9.17) is 4.74 Å². The molecule has 1 aromatic rings. The second-order valence-electron chi connectivity index (χ2n) is 4.73. The Bertz CT molecular complexity index is 298. The highest BCUT2D eigenvalue weighted by atomic mass is 16.5. The summed E-state index contributed by atoms with van der Waals surface area (Å²) in [5.74, 6) is 0.883. The van der Waals surface area contributed by atoms with Gasteiger partial charge < -0.3 is 10.1 Å². The number of aromatic nitrogens is 1. The Hall–Kier alpha value is -0.930. The van der Waals surface area contributed by atoms with Gasteiger partial charge in [0.05, 0.1) is 0 Å². The predicted octanol–water partition coefficient (Wildman–Crippen LogP) is 2.03. The Morgan fingerprint density at radius 3 is 3.06 bits per heavy atom. The van der Waals surface area contributed by atoms with Crippen LogP contribution in [-0.2, 0) is 11.2 Å². The second-order valence-corrected chi connectivity index (χ2v) is 4.73. The zero-order valence-corrected chi connectivity index (χ0v) is 10.4. The quantitative estimate of drug-likeness (QED) is 0.664. The molecule has 0 radical (unpaired) electrons. The van der Waals surface area contributed by atoms with E-state index in [9.17, 15) is 0 Å². The van der Waals surface area contributed by atoms with Gasteiger partial charge in [0.15, 0.2) is 0 Å². The first-order chi connectivity index (χ1) is 8.45. The molecule has 1 fully saturated rings. The van der Waals surface area contributed by atoms with Gasteiger partial charge in [-0.05, 0) is 56.3 Å². The monoisotopic (exact) mass is 234 g/mol. The van der Waals surface area contributed by atoms with Gasteiger partial charge in [0, 0.05) is 25.6 Å². The zero-order chi connectivity index (χ0) is 11.8. The van der Waals surface area contributed by atoms with Gasteiger partial charge in [-0.15, -0.1) is 0 Å². The predicted molar refractivity (Wildman–Crippen MR) is 69.0 cm³/mol. The fourth-order valence-electron chi connectivity index (χ4n) is 1.74. The van der Waals surface area contributed by atoms with Crippen LogP contribution >= 0.6 is 0 Å². The average Bonchev–Trinajstić information content (AvgIpc) is 3.18. The summed E-state index contributed by atoms with van der Waals surface area (Å²) in [5, 5.41) is 3.43. The lowest BCUT2D eigenvalue weighted by atomic mass is 10.2. The van der Waals surface area contributed by atoms with Gasteiger partial charge >= 0.3 is 0 Å². The Kier molecular flexibility index (Phi) is 5.46. The fourth-order valence-corrected chi connectivity index (χ4v) is 1.74. The normalized spacial score (nSPS) is 15.1. The van der Waals surface area contributed by atoms with Crippen molar-refractivity contribution < 1.29 is 4.74 Å². The molecule has 1 heterocycles. The summed E-state index contributed by atoms with van der Waals surface area (Å²) in [7, 11) is 0. The lowest BCUT2D eigenvalue weighted by molar-refractivity contribution is 0.122. The van der Waals surface area contributed by atoms with Crippen molar-refractivity contribution in [1.29, 1.82) is 0 Å². The molecule has 3 nitrogen and oxygen atoms in total. The second kappa shape index (κ2) is 7.41. The van der Waals surface area contributed by atoms with E-state index in [1.54, 1.807) is 0 Å². The first kappa shape index (κ1) is 12.5. The van der Waals surface area contributed by atoms with Gasteiger partial charge in [-0.1, -0.05) is 6.07 Å². The van der Waals surface area contributed by atoms with Crippen LogP contribution in [0.4, 0.5) is 0 Å². The van der Waals surface area contributed by atoms with Crippen molar-refractivity contribution in [2.24, 2.45) is 5.92 Å². The summed E-state index contributed by atoms with van der Waals surface area (Å²) in [4.78, 5) is 4.10. The molecule has 94 valence electrons. The molecule has 0 unspecified atom stereocenters. The summed E-state index contributed by atoms with van der Waals surface area (Å²) in [6.07, 6.45) is 8.66. The van der Waals surface area contributed by atoms with E-state index >= 15 is 0 Å². The molecule has 17 heavy (non-hydrogen) atoms. The van der Waals surface area contributed by atoms with Crippen LogP contribution < -0.4 is 5.32 Å². The third-order valence-corrected chi connectivity index (χ3v) is 3.01. The standard InChI is InChI=1S/C14H22N2O/c1-3-13(11-16-7-1)6-9-15-8-2-10-17-12-14-4-5-14/h1,3,7,11,14-15H,2,4-6,8-10,12H2. The number of nitrogens with zero attached hydrogens (tertiary/aromatic N) is 1. The third kappa shape index (κ3) is 5.80. The molecule has 0 spiro atoms. The van der Waals surface area contributed by atoms with E-state index in [1.807, 2.05) is 18.5 Å². The molecular formula is C14H22N2O. The summed E-state index contributed by atoms with van der Waals surface area (Å²) >= 11 is 0. The number of pyridine rings is 1. The van der Waals surface area contributed by atoms with Crippen molar-refractivity contribution in [1.82, 2.24) is 10.3 Å². The molecular weight excluding hydrogens is 212 g/mol. The van der Waals surface area contributed by atoms with Crippen molar-refractivity contribution in [3.8, 4) is 0 Å². The molecule has 0 bridgehead atoms. The van der Waals surface area contributed by atoms with Crippen LogP contribution in [0.3, 0.4) is 0 Å². The third-order valence-electron chi connectivity index (χ3n) is 3.01. The fraction of sp³-hybridized carbons (Fsp3) is 0.643. The summed E-state index contributed by atoms with van der Waals surface area (Å²) in [5.41, 5.74) is 1.30. The van der Waals surface area contributed by atoms with Crippen LogP contribution in [0.15, 0.2) is 24.5 Å². The summed E-state index contributed by atoms with van der Waals surface area (Å²) in [6.45, 7) is 3.95. The lowest BCUT2D eigenvalue weighted by Gasteiger charge is -2.05. The highest BCUT2D eigenvalue weighted by molar-refractivity contribution is 5.08. The maximum absolute atomic E-state index is 5.57. The van der Waals surface area contributed by atoms with Crippen molar-refractivity contribution in [2.45, 2.75) is 25.7 Å². The highest BCUT2D eigenvalue weighted by Crippen LogP contribution is 2.28. The van der Waals surface area contributed by atoms with E-state index in [-0.39, 0.29) is 0 Å². The Balaban J connectivity index is 1.38. The molecule has 0 aliphatic heterocycles. The minimum Gasteiger partial charge on any atom is -0.381 e. The molecule has 0 aromatic carbocycles. The van der Waals surface area contributed by atoms with Crippen molar-refractivity contribution in [2.75, 3.05) is 26.3 Å². The number of ether oxygens (including phenoxy) is 1. The van der Waals surface area contributed by atoms with Gasteiger partial charge in [0.1, 0.15) is 0 Å². The molecule has 1 aromatic heterocycles. The summed E-state index contributed by atoms with van der Waals surface area (Å²) in [6, 6.07) is 4.11. The van der Waals surface area contributed by atoms with Crippen molar-refractivity contribution >= 4 is 0 Å². The average molecular weight is 234 g/mol. The van der Waals surface area contributed by atoms with E-state index in [2.05, 4.69) is 16.4 Å². The van der Waals surface area contributed by atoms with Gasteiger partial charge in [-0.2, -0.15) is 0 Å². The van der Waals surface area contributed by atoms with E-state index in [0.717, 1.165) is 45.1 Å². The topological polar surface area (TPSA) is 34.2 Å². The molecule has 1 saturated carbocycles. The minimum absolute atomic E-state index is 0.883. The number of rotatable bonds is 9. The number of hydrogen-bond acceptors (Lipinski definition) is 3. The molecule has 3 heteroatoms. The molecule has 0 amide bonds. The largest absolute Gasteiger partial charge is 0.381 e. The minimum atomic E-state index is 0.883. The molecule has 1 N–H and O–H groups in total. The smallest absolute Gasteiger partial charge is 0.0494 e. The Morgan fingerprint density at radius 1 is 1.35 bits per heavy atom.